The second-order valence-corrected chi connectivity index (χ2v) is 6.18. The number of carbonyl (C=O) groups excluding carboxylic acids is 1. The number of carboxylic acid groups (broad SMARTS) is 1. The molecule has 0 saturated carbocycles. The Morgan fingerprint density at radius 1 is 1.45 bits per heavy atom. The van der Waals surface area contributed by atoms with Gasteiger partial charge >= 0.3 is 16.2 Å². The van der Waals surface area contributed by atoms with E-state index in [-0.39, 0.29) is 12.1 Å². The summed E-state index contributed by atoms with van der Waals surface area (Å²) in [7, 11) is -4.79. The predicted molar refractivity (Wildman–Crippen MR) is 68.9 cm³/mol. The van der Waals surface area contributed by atoms with Gasteiger partial charge in [-0.05, 0) is 24.6 Å². The third-order valence-corrected chi connectivity index (χ3v) is 4.43. The molecule has 1 atom stereocenters. The molecule has 1 fully saturated rings. The summed E-state index contributed by atoms with van der Waals surface area (Å²) in [5, 5.41) is 7.62. The van der Waals surface area contributed by atoms with Crippen molar-refractivity contribution in [2.45, 2.75) is 18.6 Å². The number of carboxylic acids is 1. The van der Waals surface area contributed by atoms with Crippen LogP contribution < -0.4 is 4.90 Å². The number of anilines is 1. The van der Waals surface area contributed by atoms with Crippen molar-refractivity contribution < 1.29 is 27.0 Å². The Morgan fingerprint density at radius 3 is 2.60 bits per heavy atom. The highest BCUT2D eigenvalue weighted by Gasteiger charge is 2.39. The lowest BCUT2D eigenvalue weighted by Gasteiger charge is -2.19. The first kappa shape index (κ1) is 14.4. The van der Waals surface area contributed by atoms with Crippen LogP contribution in [0.1, 0.15) is 22.3 Å². The van der Waals surface area contributed by atoms with E-state index in [0.717, 1.165) is 4.90 Å². The monoisotopic (exact) mass is 301 g/mol. The zero-order chi connectivity index (χ0) is 15.1. The van der Waals surface area contributed by atoms with E-state index >= 15 is 0 Å². The molecule has 1 aliphatic heterocycles. The van der Waals surface area contributed by atoms with Crippen LogP contribution in [0.15, 0.2) is 18.2 Å². The predicted octanol–water partition coefficient (Wildman–Crippen LogP) is 1.10. The highest BCUT2D eigenvalue weighted by atomic mass is 32.3. The van der Waals surface area contributed by atoms with Crippen LogP contribution in [0.5, 0.6) is 0 Å². The number of carbonyl (C=O) groups is 2. The van der Waals surface area contributed by atoms with Crippen molar-refractivity contribution in [3.8, 4) is 0 Å². The third-order valence-electron chi connectivity index (χ3n) is 3.31. The highest BCUT2D eigenvalue weighted by molar-refractivity contribution is 7.87. The number of rotatable bonds is 3. The molecule has 6 nitrogen and oxygen atoms in total. The summed E-state index contributed by atoms with van der Waals surface area (Å²) in [5.74, 6) is -1.69. The van der Waals surface area contributed by atoms with E-state index in [4.69, 9.17) is 5.11 Å². The topological polar surface area (TPSA) is 91.8 Å². The van der Waals surface area contributed by atoms with Crippen LogP contribution in [0.3, 0.4) is 0 Å². The summed E-state index contributed by atoms with van der Waals surface area (Å²) >= 11 is 0. The second-order valence-electron chi connectivity index (χ2n) is 4.56. The minimum Gasteiger partial charge on any atom is -0.478 e. The Morgan fingerprint density at radius 2 is 2.10 bits per heavy atom. The molecule has 0 bridgehead atoms. The largest absolute Gasteiger partial charge is 0.478 e. The van der Waals surface area contributed by atoms with E-state index in [1.54, 1.807) is 0 Å². The zero-order valence-electron chi connectivity index (χ0n) is 10.5. The lowest BCUT2D eigenvalue weighted by molar-refractivity contribution is -0.117. The average Bonchev–Trinajstić information content (AvgIpc) is 2.71. The Hall–Kier alpha value is -1.96. The molecule has 1 aliphatic rings. The quantitative estimate of drug-likeness (QED) is 0.844. The number of benzene rings is 1. The minimum atomic E-state index is -4.79. The van der Waals surface area contributed by atoms with Gasteiger partial charge in [0.05, 0.1) is 5.56 Å². The lowest BCUT2D eigenvalue weighted by atomic mass is 10.1. The molecule has 0 aliphatic carbocycles. The molecule has 1 aromatic carbocycles. The molecule has 0 radical (unpaired) electrons. The Bertz CT molecular complexity index is 685. The first-order valence-electron chi connectivity index (χ1n) is 5.78. The molecule has 20 heavy (non-hydrogen) atoms. The van der Waals surface area contributed by atoms with Gasteiger partial charge in [0.15, 0.2) is 0 Å². The highest BCUT2D eigenvalue weighted by Crippen LogP contribution is 2.29. The van der Waals surface area contributed by atoms with Crippen LogP contribution in [0, 0.1) is 6.92 Å². The van der Waals surface area contributed by atoms with Crippen molar-refractivity contribution in [3.05, 3.63) is 29.3 Å². The van der Waals surface area contributed by atoms with Gasteiger partial charge in [-0.2, -0.15) is 8.42 Å². The summed E-state index contributed by atoms with van der Waals surface area (Å²) in [4.78, 5) is 24.0. The fourth-order valence-corrected chi connectivity index (χ4v) is 2.91. The van der Waals surface area contributed by atoms with Crippen LogP contribution in [0.25, 0.3) is 0 Å². The number of nitrogens with zero attached hydrogens (tertiary/aromatic N) is 1. The standard InChI is InChI=1S/C12H12FNO5S/c1-7-9(12(16)17)3-2-4-10(7)14-6-8(5-11(14)15)20(13,18)19/h2-4,8H,5-6H2,1H3,(H,16,17). The molecule has 1 saturated heterocycles. The minimum absolute atomic E-state index is 0.0156. The summed E-state index contributed by atoms with van der Waals surface area (Å²) in [6.07, 6.45) is -0.435. The third kappa shape index (κ3) is 2.51. The van der Waals surface area contributed by atoms with Gasteiger partial charge in [-0.25, -0.2) is 4.79 Å². The molecule has 1 aromatic rings. The van der Waals surface area contributed by atoms with Crippen LogP contribution in [-0.2, 0) is 15.0 Å². The molecule has 8 heteroatoms. The van der Waals surface area contributed by atoms with Crippen molar-refractivity contribution in [2.75, 3.05) is 11.4 Å². The van der Waals surface area contributed by atoms with Crippen molar-refractivity contribution in [1.29, 1.82) is 0 Å². The number of hydrogen-bond acceptors (Lipinski definition) is 4. The summed E-state index contributed by atoms with van der Waals surface area (Å²) in [6.45, 7) is 1.21. The van der Waals surface area contributed by atoms with E-state index in [1.807, 2.05) is 0 Å². The molecule has 108 valence electrons. The second kappa shape index (κ2) is 4.86. The maximum Gasteiger partial charge on any atom is 0.336 e. The summed E-state index contributed by atoms with van der Waals surface area (Å²) in [6, 6.07) is 4.34. The van der Waals surface area contributed by atoms with Crippen LogP contribution in [-0.4, -0.2) is 37.2 Å². The van der Waals surface area contributed by atoms with E-state index in [1.165, 1.54) is 25.1 Å². The number of hydrogen-bond donors (Lipinski definition) is 1. The van der Waals surface area contributed by atoms with E-state index in [2.05, 4.69) is 0 Å². The molecular formula is C12H12FNO5S. The first-order chi connectivity index (χ1) is 9.21. The summed E-state index contributed by atoms with van der Waals surface area (Å²) < 4.78 is 34.7. The number of aromatic carboxylic acids is 1. The SMILES string of the molecule is Cc1c(C(=O)O)cccc1N1CC(S(=O)(=O)F)CC1=O. The molecule has 0 aromatic heterocycles. The molecular weight excluding hydrogens is 289 g/mol. The normalized spacial score (nSPS) is 19.4. The molecule has 1 heterocycles. The van der Waals surface area contributed by atoms with Gasteiger partial charge in [0.2, 0.25) is 5.91 Å². The lowest BCUT2D eigenvalue weighted by Crippen LogP contribution is -2.28. The Labute approximate surface area is 115 Å². The zero-order valence-corrected chi connectivity index (χ0v) is 11.4. The molecule has 1 N–H and O–H groups in total. The average molecular weight is 301 g/mol. The number of halogens is 1. The maximum atomic E-state index is 13.0. The van der Waals surface area contributed by atoms with E-state index in [0.29, 0.717) is 11.3 Å². The molecule has 2 rings (SSSR count). The van der Waals surface area contributed by atoms with Gasteiger partial charge in [-0.15, -0.1) is 3.89 Å². The van der Waals surface area contributed by atoms with Crippen molar-refractivity contribution in [2.24, 2.45) is 0 Å². The Kier molecular flexibility index (Phi) is 3.51. The van der Waals surface area contributed by atoms with Crippen LogP contribution in [0.2, 0.25) is 0 Å². The van der Waals surface area contributed by atoms with Crippen LogP contribution in [0.4, 0.5) is 9.57 Å². The van der Waals surface area contributed by atoms with E-state index in [9.17, 15) is 21.9 Å². The number of amides is 1. The first-order valence-corrected chi connectivity index (χ1v) is 7.23. The van der Waals surface area contributed by atoms with Gasteiger partial charge in [-0.3, -0.25) is 4.79 Å². The van der Waals surface area contributed by atoms with E-state index < -0.39 is 33.8 Å². The van der Waals surface area contributed by atoms with Gasteiger partial charge < -0.3 is 10.0 Å². The maximum absolute atomic E-state index is 13.0. The molecule has 1 amide bonds. The van der Waals surface area contributed by atoms with Gasteiger partial charge in [0, 0.05) is 18.7 Å². The van der Waals surface area contributed by atoms with Crippen LogP contribution >= 0.6 is 0 Å². The van der Waals surface area contributed by atoms with Gasteiger partial charge in [-0.1, -0.05) is 6.07 Å². The summed E-state index contributed by atoms with van der Waals surface area (Å²) in [5.41, 5.74) is 0.646. The van der Waals surface area contributed by atoms with Crippen molar-refractivity contribution in [1.82, 2.24) is 0 Å². The smallest absolute Gasteiger partial charge is 0.336 e. The van der Waals surface area contributed by atoms with Crippen molar-refractivity contribution in [3.63, 3.8) is 0 Å². The Balaban J connectivity index is 2.41. The molecule has 0 spiro atoms. The van der Waals surface area contributed by atoms with Crippen molar-refractivity contribution >= 4 is 27.8 Å². The fraction of sp³-hybridized carbons (Fsp3) is 0.333. The van der Waals surface area contributed by atoms with Gasteiger partial charge in [0.1, 0.15) is 5.25 Å². The fourth-order valence-electron chi connectivity index (χ4n) is 2.24. The van der Waals surface area contributed by atoms with Gasteiger partial charge in [0.25, 0.3) is 0 Å². The molecule has 1 unspecified atom stereocenters.